The average molecular weight is 331 g/mol. The van der Waals surface area contributed by atoms with E-state index in [0.29, 0.717) is 0 Å². The molecule has 0 saturated heterocycles. The number of rotatable bonds is 2. The van der Waals surface area contributed by atoms with Crippen LogP contribution in [0.25, 0.3) is 0 Å². The van der Waals surface area contributed by atoms with Gasteiger partial charge in [-0.1, -0.05) is 6.07 Å². The predicted octanol–water partition coefficient (Wildman–Crippen LogP) is 4.70. The largest absolute Gasteiger partial charge is 0.378 e. The summed E-state index contributed by atoms with van der Waals surface area (Å²) in [6.45, 7) is 0. The van der Waals surface area contributed by atoms with Gasteiger partial charge in [-0.2, -0.15) is 5.26 Å². The van der Waals surface area contributed by atoms with Crippen LogP contribution in [0.3, 0.4) is 0 Å². The van der Waals surface area contributed by atoms with Gasteiger partial charge in [0.25, 0.3) is 0 Å². The normalized spacial score (nSPS) is 37.7. The zero-order valence-corrected chi connectivity index (χ0v) is 13.1. The fourth-order valence-corrected chi connectivity index (χ4v) is 5.75. The Bertz CT molecular complexity index is 552. The van der Waals surface area contributed by atoms with E-state index >= 15 is 0 Å². The number of benzene rings is 1. The summed E-state index contributed by atoms with van der Waals surface area (Å²) in [5.41, 5.74) is 2.04. The number of halogens is 1. The van der Waals surface area contributed by atoms with Crippen LogP contribution < -0.4 is 5.32 Å². The Balaban J connectivity index is 1.67. The Hall–Kier alpha value is -1.01. The third-order valence-corrected chi connectivity index (χ3v) is 6.22. The van der Waals surface area contributed by atoms with E-state index in [0.717, 1.165) is 33.5 Å². The van der Waals surface area contributed by atoms with Crippen molar-refractivity contribution in [2.24, 2.45) is 17.8 Å². The fourth-order valence-electron chi connectivity index (χ4n) is 5.29. The molecule has 0 amide bonds. The van der Waals surface area contributed by atoms with Gasteiger partial charge in [0.05, 0.1) is 11.3 Å². The molecular weight excluding hydrogens is 312 g/mol. The molecule has 4 aliphatic carbocycles. The highest BCUT2D eigenvalue weighted by Gasteiger charge is 2.51. The molecule has 3 heteroatoms. The third-order valence-electron chi connectivity index (χ3n) is 5.56. The highest BCUT2D eigenvalue weighted by atomic mass is 79.9. The lowest BCUT2D eigenvalue weighted by Gasteiger charge is -2.57. The van der Waals surface area contributed by atoms with Crippen molar-refractivity contribution >= 4 is 21.6 Å². The molecule has 20 heavy (non-hydrogen) atoms. The number of hydrogen-bond donors (Lipinski definition) is 1. The summed E-state index contributed by atoms with van der Waals surface area (Å²) in [7, 11) is 0. The third kappa shape index (κ3) is 1.97. The minimum absolute atomic E-state index is 0.265. The molecule has 4 aliphatic rings. The molecule has 5 rings (SSSR count). The standard InChI is InChI=1S/C17H19BrN2/c18-15-2-1-3-16(14(15)10-19)20-17-7-11-4-12(8-17)6-13(5-11)9-17/h1-3,11-13,20H,4-9H2. The molecule has 1 aromatic carbocycles. The lowest BCUT2D eigenvalue weighted by molar-refractivity contribution is 0.0107. The maximum Gasteiger partial charge on any atom is 0.103 e. The first-order valence-electron chi connectivity index (χ1n) is 7.64. The second kappa shape index (κ2) is 4.49. The summed E-state index contributed by atoms with van der Waals surface area (Å²) < 4.78 is 0.898. The molecule has 0 heterocycles. The lowest BCUT2D eigenvalue weighted by Crippen LogP contribution is -2.54. The molecule has 0 atom stereocenters. The maximum absolute atomic E-state index is 9.39. The van der Waals surface area contributed by atoms with E-state index in [-0.39, 0.29) is 5.54 Å². The van der Waals surface area contributed by atoms with Crippen molar-refractivity contribution in [2.45, 2.75) is 44.1 Å². The molecule has 4 bridgehead atoms. The van der Waals surface area contributed by atoms with Crippen molar-refractivity contribution in [1.82, 2.24) is 0 Å². The Labute approximate surface area is 128 Å². The second-order valence-electron chi connectivity index (χ2n) is 7.10. The van der Waals surface area contributed by atoms with Crippen molar-refractivity contribution in [2.75, 3.05) is 5.32 Å². The van der Waals surface area contributed by atoms with Gasteiger partial charge < -0.3 is 5.32 Å². The Kier molecular flexibility index (Phi) is 2.86. The van der Waals surface area contributed by atoms with Crippen LogP contribution in [-0.2, 0) is 0 Å². The molecule has 0 radical (unpaired) electrons. The molecular formula is C17H19BrN2. The molecule has 0 aliphatic heterocycles. The Morgan fingerprint density at radius 2 is 1.70 bits per heavy atom. The molecule has 0 aromatic heterocycles. The van der Waals surface area contributed by atoms with Gasteiger partial charge in [0.2, 0.25) is 0 Å². The topological polar surface area (TPSA) is 35.8 Å². The SMILES string of the molecule is N#Cc1c(Br)cccc1NC12CC3CC(CC(C3)C1)C2. The molecule has 4 fully saturated rings. The van der Waals surface area contributed by atoms with E-state index < -0.39 is 0 Å². The van der Waals surface area contributed by atoms with E-state index in [1.807, 2.05) is 12.1 Å². The van der Waals surface area contributed by atoms with Gasteiger partial charge in [-0.05, 0) is 84.3 Å². The highest BCUT2D eigenvalue weighted by Crippen LogP contribution is 2.56. The maximum atomic E-state index is 9.39. The molecule has 1 aromatic rings. The summed E-state index contributed by atoms with van der Waals surface area (Å²) in [5.74, 6) is 2.77. The molecule has 2 nitrogen and oxygen atoms in total. The fraction of sp³-hybridized carbons (Fsp3) is 0.588. The zero-order valence-electron chi connectivity index (χ0n) is 11.5. The van der Waals surface area contributed by atoms with Crippen LogP contribution in [-0.4, -0.2) is 5.54 Å². The van der Waals surface area contributed by atoms with Crippen molar-refractivity contribution in [3.05, 3.63) is 28.2 Å². The van der Waals surface area contributed by atoms with E-state index in [4.69, 9.17) is 0 Å². The van der Waals surface area contributed by atoms with Crippen molar-refractivity contribution < 1.29 is 0 Å². The average Bonchev–Trinajstić information content (AvgIpc) is 2.36. The number of hydrogen-bond acceptors (Lipinski definition) is 2. The van der Waals surface area contributed by atoms with Crippen LogP contribution in [0.4, 0.5) is 5.69 Å². The smallest absolute Gasteiger partial charge is 0.103 e. The van der Waals surface area contributed by atoms with Gasteiger partial charge in [-0.15, -0.1) is 0 Å². The van der Waals surface area contributed by atoms with Gasteiger partial charge >= 0.3 is 0 Å². The molecule has 0 spiro atoms. The molecule has 104 valence electrons. The quantitative estimate of drug-likeness (QED) is 0.852. The number of nitrogens with zero attached hydrogens (tertiary/aromatic N) is 1. The number of nitriles is 1. The summed E-state index contributed by atoms with van der Waals surface area (Å²) in [5, 5.41) is 13.2. The van der Waals surface area contributed by atoms with Crippen LogP contribution in [0.5, 0.6) is 0 Å². The van der Waals surface area contributed by atoms with Crippen LogP contribution in [0.15, 0.2) is 22.7 Å². The zero-order chi connectivity index (χ0) is 13.7. The summed E-state index contributed by atoms with van der Waals surface area (Å²) >= 11 is 3.50. The monoisotopic (exact) mass is 330 g/mol. The minimum Gasteiger partial charge on any atom is -0.378 e. The van der Waals surface area contributed by atoms with Crippen molar-refractivity contribution in [1.29, 1.82) is 5.26 Å². The van der Waals surface area contributed by atoms with Gasteiger partial charge in [-0.3, -0.25) is 0 Å². The van der Waals surface area contributed by atoms with Crippen LogP contribution in [0.1, 0.15) is 44.1 Å². The second-order valence-corrected chi connectivity index (χ2v) is 7.95. The molecule has 1 N–H and O–H groups in total. The van der Waals surface area contributed by atoms with E-state index in [1.54, 1.807) is 0 Å². The Morgan fingerprint density at radius 3 is 2.25 bits per heavy atom. The summed E-state index contributed by atoms with van der Waals surface area (Å²) in [6.07, 6.45) is 8.25. The number of nitrogens with one attached hydrogen (secondary N) is 1. The predicted molar refractivity (Wildman–Crippen MR) is 83.4 cm³/mol. The summed E-state index contributed by atoms with van der Waals surface area (Å²) in [4.78, 5) is 0. The van der Waals surface area contributed by atoms with Crippen LogP contribution in [0.2, 0.25) is 0 Å². The lowest BCUT2D eigenvalue weighted by atomic mass is 9.53. The van der Waals surface area contributed by atoms with Gasteiger partial charge in [-0.25, -0.2) is 0 Å². The molecule has 4 saturated carbocycles. The van der Waals surface area contributed by atoms with Gasteiger partial charge in [0.15, 0.2) is 0 Å². The van der Waals surface area contributed by atoms with Crippen molar-refractivity contribution in [3.63, 3.8) is 0 Å². The number of anilines is 1. The van der Waals surface area contributed by atoms with E-state index in [1.165, 1.54) is 38.5 Å². The van der Waals surface area contributed by atoms with Gasteiger partial charge in [0.1, 0.15) is 6.07 Å². The van der Waals surface area contributed by atoms with Gasteiger partial charge in [0, 0.05) is 10.0 Å². The molecule has 0 unspecified atom stereocenters. The van der Waals surface area contributed by atoms with E-state index in [9.17, 15) is 5.26 Å². The van der Waals surface area contributed by atoms with E-state index in [2.05, 4.69) is 33.4 Å². The first kappa shape index (κ1) is 12.7. The highest BCUT2D eigenvalue weighted by molar-refractivity contribution is 9.10. The summed E-state index contributed by atoms with van der Waals surface area (Å²) in [6, 6.07) is 8.36. The minimum atomic E-state index is 0.265. The first-order chi connectivity index (χ1) is 9.67. The Morgan fingerprint density at radius 1 is 1.10 bits per heavy atom. The van der Waals surface area contributed by atoms with Crippen LogP contribution >= 0.6 is 15.9 Å². The van der Waals surface area contributed by atoms with Crippen molar-refractivity contribution in [3.8, 4) is 6.07 Å². The van der Waals surface area contributed by atoms with Crippen LogP contribution in [0, 0.1) is 29.1 Å². The first-order valence-corrected chi connectivity index (χ1v) is 8.43.